The van der Waals surface area contributed by atoms with E-state index >= 15 is 0 Å². The van der Waals surface area contributed by atoms with Crippen LogP contribution in [0, 0.1) is 17.8 Å². The van der Waals surface area contributed by atoms with Gasteiger partial charge in [-0.05, 0) is 18.4 Å². The van der Waals surface area contributed by atoms with Crippen molar-refractivity contribution in [2.75, 3.05) is 20.1 Å². The van der Waals surface area contributed by atoms with Crippen molar-refractivity contribution in [3.05, 3.63) is 0 Å². The average molecular weight is 140 g/mol. The molecule has 0 aromatic carbocycles. The topological polar surface area (TPSA) is 46.3 Å². The molecule has 1 saturated carbocycles. The fourth-order valence-electron chi connectivity index (χ4n) is 2.04. The molecular weight excluding hydrogens is 128 g/mol. The molecule has 0 aromatic rings. The van der Waals surface area contributed by atoms with Gasteiger partial charge in [0.15, 0.2) is 0 Å². The van der Waals surface area contributed by atoms with E-state index in [4.69, 9.17) is 5.73 Å². The molecule has 3 nitrogen and oxygen atoms in total. The van der Waals surface area contributed by atoms with E-state index in [0.29, 0.717) is 30.2 Å². The van der Waals surface area contributed by atoms with E-state index in [1.807, 2.05) is 11.9 Å². The Balaban J connectivity index is 2.06. The maximum absolute atomic E-state index is 11.2. The predicted octanol–water partition coefficient (Wildman–Crippen LogP) is -0.721. The standard InChI is InChI=1S/C7H12N2O/c1-9-3-5-4(2-8)6(5)7(9)10/h4-6H,2-3,8H2,1H3. The summed E-state index contributed by atoms with van der Waals surface area (Å²) in [7, 11) is 1.86. The van der Waals surface area contributed by atoms with E-state index in [2.05, 4.69) is 0 Å². The van der Waals surface area contributed by atoms with Crippen LogP contribution in [0.4, 0.5) is 0 Å². The van der Waals surface area contributed by atoms with Crippen LogP contribution in [0.15, 0.2) is 0 Å². The van der Waals surface area contributed by atoms with E-state index in [-0.39, 0.29) is 0 Å². The van der Waals surface area contributed by atoms with Crippen LogP contribution in [0.5, 0.6) is 0 Å². The van der Waals surface area contributed by atoms with Gasteiger partial charge >= 0.3 is 0 Å². The number of carbonyl (C=O) groups excluding carboxylic acids is 1. The van der Waals surface area contributed by atoms with E-state index in [0.717, 1.165) is 6.54 Å². The van der Waals surface area contributed by atoms with Crippen molar-refractivity contribution in [2.45, 2.75) is 0 Å². The van der Waals surface area contributed by atoms with Crippen LogP contribution in [0.25, 0.3) is 0 Å². The van der Waals surface area contributed by atoms with E-state index in [9.17, 15) is 4.79 Å². The first kappa shape index (κ1) is 6.16. The molecule has 3 heteroatoms. The number of fused-ring (bicyclic) bond motifs is 1. The molecule has 3 unspecified atom stereocenters. The van der Waals surface area contributed by atoms with Gasteiger partial charge in [-0.15, -0.1) is 0 Å². The molecule has 2 N–H and O–H groups in total. The van der Waals surface area contributed by atoms with Gasteiger partial charge in [0.1, 0.15) is 0 Å². The maximum Gasteiger partial charge on any atom is 0.226 e. The summed E-state index contributed by atoms with van der Waals surface area (Å²) in [6, 6.07) is 0. The summed E-state index contributed by atoms with van der Waals surface area (Å²) in [6.45, 7) is 1.63. The number of nitrogens with two attached hydrogens (primary N) is 1. The lowest BCUT2D eigenvalue weighted by Crippen LogP contribution is -2.27. The third kappa shape index (κ3) is 0.560. The Morgan fingerprint density at radius 1 is 1.80 bits per heavy atom. The Bertz CT molecular complexity index is 180. The quantitative estimate of drug-likeness (QED) is 0.522. The molecule has 1 aliphatic carbocycles. The van der Waals surface area contributed by atoms with Gasteiger partial charge in [-0.3, -0.25) is 4.79 Å². The van der Waals surface area contributed by atoms with Gasteiger partial charge in [0, 0.05) is 19.5 Å². The second-order valence-electron chi connectivity index (χ2n) is 3.31. The molecule has 10 heavy (non-hydrogen) atoms. The molecule has 0 spiro atoms. The summed E-state index contributed by atoms with van der Waals surface area (Å²) < 4.78 is 0. The van der Waals surface area contributed by atoms with Crippen LogP contribution in [0.3, 0.4) is 0 Å². The van der Waals surface area contributed by atoms with Crippen molar-refractivity contribution in [1.82, 2.24) is 4.90 Å². The van der Waals surface area contributed by atoms with Crippen LogP contribution in [0.2, 0.25) is 0 Å². The first-order valence-corrected chi connectivity index (χ1v) is 3.70. The molecule has 0 aromatic heterocycles. The van der Waals surface area contributed by atoms with Crippen molar-refractivity contribution in [3.63, 3.8) is 0 Å². The van der Waals surface area contributed by atoms with E-state index in [1.165, 1.54) is 0 Å². The molecule has 1 aliphatic heterocycles. The number of hydrogen-bond acceptors (Lipinski definition) is 2. The Morgan fingerprint density at radius 3 is 2.90 bits per heavy atom. The molecule has 1 saturated heterocycles. The Labute approximate surface area is 60.2 Å². The normalized spacial score (nSPS) is 44.0. The minimum atomic E-state index is 0.301. The number of rotatable bonds is 1. The Kier molecular flexibility index (Phi) is 1.06. The van der Waals surface area contributed by atoms with Crippen LogP contribution in [-0.4, -0.2) is 30.9 Å². The molecule has 2 rings (SSSR count). The number of nitrogens with zero attached hydrogens (tertiary/aromatic N) is 1. The van der Waals surface area contributed by atoms with Crippen molar-refractivity contribution >= 4 is 5.91 Å². The van der Waals surface area contributed by atoms with Crippen LogP contribution in [0.1, 0.15) is 0 Å². The minimum Gasteiger partial charge on any atom is -0.345 e. The molecular formula is C7H12N2O. The first-order chi connectivity index (χ1) is 4.75. The zero-order valence-corrected chi connectivity index (χ0v) is 6.08. The Morgan fingerprint density at radius 2 is 2.50 bits per heavy atom. The monoisotopic (exact) mass is 140 g/mol. The lowest BCUT2D eigenvalue weighted by atomic mass is 10.3. The fraction of sp³-hybridized carbons (Fsp3) is 0.857. The lowest BCUT2D eigenvalue weighted by Gasteiger charge is -2.11. The molecule has 56 valence electrons. The molecule has 1 heterocycles. The first-order valence-electron chi connectivity index (χ1n) is 3.70. The van der Waals surface area contributed by atoms with Crippen molar-refractivity contribution in [2.24, 2.45) is 23.5 Å². The highest BCUT2D eigenvalue weighted by Crippen LogP contribution is 2.51. The van der Waals surface area contributed by atoms with Crippen molar-refractivity contribution in [3.8, 4) is 0 Å². The molecule has 1 amide bonds. The summed E-state index contributed by atoms with van der Waals surface area (Å²) in [5.74, 6) is 1.72. The van der Waals surface area contributed by atoms with Gasteiger partial charge < -0.3 is 10.6 Å². The van der Waals surface area contributed by atoms with Crippen LogP contribution < -0.4 is 5.73 Å². The van der Waals surface area contributed by atoms with Crippen LogP contribution >= 0.6 is 0 Å². The molecule has 2 fully saturated rings. The van der Waals surface area contributed by atoms with Gasteiger partial charge in [0.2, 0.25) is 5.91 Å². The average Bonchev–Trinajstić information content (AvgIpc) is 2.52. The number of hydrogen-bond donors (Lipinski definition) is 1. The van der Waals surface area contributed by atoms with E-state index in [1.54, 1.807) is 0 Å². The van der Waals surface area contributed by atoms with Crippen molar-refractivity contribution < 1.29 is 4.79 Å². The highest BCUT2D eigenvalue weighted by molar-refractivity contribution is 5.85. The molecule has 0 radical (unpaired) electrons. The van der Waals surface area contributed by atoms with Gasteiger partial charge in [-0.25, -0.2) is 0 Å². The summed E-state index contributed by atoms with van der Waals surface area (Å²) in [5, 5.41) is 0. The Hall–Kier alpha value is -0.570. The molecule has 3 atom stereocenters. The van der Waals surface area contributed by atoms with Gasteiger partial charge in [-0.2, -0.15) is 0 Å². The highest BCUT2D eigenvalue weighted by atomic mass is 16.2. The largest absolute Gasteiger partial charge is 0.345 e. The third-order valence-corrected chi connectivity index (χ3v) is 2.75. The van der Waals surface area contributed by atoms with Gasteiger partial charge in [-0.1, -0.05) is 0 Å². The third-order valence-electron chi connectivity index (χ3n) is 2.75. The highest BCUT2D eigenvalue weighted by Gasteiger charge is 2.59. The second kappa shape index (κ2) is 1.72. The van der Waals surface area contributed by atoms with Gasteiger partial charge in [0.25, 0.3) is 0 Å². The fourth-order valence-corrected chi connectivity index (χ4v) is 2.04. The second-order valence-corrected chi connectivity index (χ2v) is 3.31. The number of amides is 1. The lowest BCUT2D eigenvalue weighted by molar-refractivity contribution is -0.129. The van der Waals surface area contributed by atoms with Crippen molar-refractivity contribution in [1.29, 1.82) is 0 Å². The van der Waals surface area contributed by atoms with E-state index < -0.39 is 0 Å². The summed E-state index contributed by atoms with van der Waals surface area (Å²) in [4.78, 5) is 13.0. The zero-order chi connectivity index (χ0) is 7.30. The molecule has 2 aliphatic rings. The van der Waals surface area contributed by atoms with Gasteiger partial charge in [0.05, 0.1) is 0 Å². The summed E-state index contributed by atoms with van der Waals surface area (Å²) >= 11 is 0. The zero-order valence-electron chi connectivity index (χ0n) is 6.08. The molecule has 0 bridgehead atoms. The summed E-state index contributed by atoms with van der Waals surface area (Å²) in [6.07, 6.45) is 0. The maximum atomic E-state index is 11.2. The predicted molar refractivity (Wildman–Crippen MR) is 37.2 cm³/mol. The minimum absolute atomic E-state index is 0.301. The number of likely N-dealkylation sites (tertiary alicyclic amines) is 1. The summed E-state index contributed by atoms with van der Waals surface area (Å²) in [5.41, 5.74) is 5.46. The van der Waals surface area contributed by atoms with Crippen LogP contribution in [-0.2, 0) is 4.79 Å². The SMILES string of the molecule is CN1CC2C(CN)C2C1=O. The smallest absolute Gasteiger partial charge is 0.226 e. The number of piperidine rings is 1. The number of carbonyl (C=O) groups is 1.